The molecule has 10 N–H and O–H groups in total. The maximum Gasteiger partial charge on any atom is 0.373 e. The first-order valence-corrected chi connectivity index (χ1v) is 14.7. The molecule has 19 nitrogen and oxygen atoms in total. The molecule has 19 heteroatoms. The van der Waals surface area contributed by atoms with Gasteiger partial charge in [-0.25, -0.2) is 14.4 Å². The van der Waals surface area contributed by atoms with Crippen molar-refractivity contribution < 1.29 is 88.7 Å². The summed E-state index contributed by atoms with van der Waals surface area (Å²) in [7, 11) is 0. The molecule has 3 aliphatic heterocycles. The summed E-state index contributed by atoms with van der Waals surface area (Å²) in [6, 6.07) is -0.0660. The summed E-state index contributed by atoms with van der Waals surface area (Å²) in [6.45, 7) is 0.393. The number of aliphatic hydroxyl groups excluding tert-OH is 3. The van der Waals surface area contributed by atoms with E-state index in [1.54, 1.807) is 0 Å². The second kappa shape index (κ2) is 14.6. The highest BCUT2D eigenvalue weighted by atomic mass is 16.7. The van der Waals surface area contributed by atoms with Crippen LogP contribution in [0.1, 0.15) is 31.7 Å². The molecule has 49 heavy (non-hydrogen) atoms. The summed E-state index contributed by atoms with van der Waals surface area (Å²) in [5, 5.41) is 92.0. The molecule has 3 heterocycles. The molecule has 0 amide bonds. The molecule has 0 aliphatic carbocycles. The fraction of sp³-hybridized carbons (Fsp3) is 0.467. The Morgan fingerprint density at radius 3 is 2.31 bits per heavy atom. The lowest BCUT2D eigenvalue weighted by Crippen LogP contribution is -2.60. The van der Waals surface area contributed by atoms with Crippen molar-refractivity contribution in [3.8, 4) is 11.5 Å². The number of esters is 1. The number of aliphatic carboxylic acids is 4. The van der Waals surface area contributed by atoms with Gasteiger partial charge in [-0.2, -0.15) is 4.58 Å². The van der Waals surface area contributed by atoms with Crippen LogP contribution in [0.4, 0.5) is 5.69 Å². The number of rotatable bonds is 12. The van der Waals surface area contributed by atoms with E-state index < -0.39 is 103 Å². The summed E-state index contributed by atoms with van der Waals surface area (Å²) in [6.07, 6.45) is -6.69. The second-order valence-corrected chi connectivity index (χ2v) is 12.0. The Kier molecular flexibility index (Phi) is 10.9. The minimum atomic E-state index is -1.94. The van der Waals surface area contributed by atoms with E-state index in [1.807, 2.05) is 0 Å². The Labute approximate surface area is 276 Å². The van der Waals surface area contributed by atoms with Gasteiger partial charge in [-0.3, -0.25) is 9.59 Å². The van der Waals surface area contributed by atoms with Gasteiger partial charge in [0.25, 0.3) is 6.04 Å². The Balaban J connectivity index is 1.54. The summed E-state index contributed by atoms with van der Waals surface area (Å²) >= 11 is 0. The molecule has 0 bridgehead atoms. The molecule has 1 fully saturated rings. The van der Waals surface area contributed by atoms with Crippen LogP contribution < -0.4 is 10.1 Å². The van der Waals surface area contributed by atoms with Gasteiger partial charge < -0.3 is 65.5 Å². The molecule has 1 aromatic carbocycles. The van der Waals surface area contributed by atoms with E-state index in [9.17, 15) is 64.8 Å². The molecule has 0 radical (unpaired) electrons. The van der Waals surface area contributed by atoms with Gasteiger partial charge in [0, 0.05) is 18.1 Å². The maximum atomic E-state index is 12.2. The lowest BCUT2D eigenvalue weighted by molar-refractivity contribution is -0.456. The maximum absolute atomic E-state index is 12.2. The number of phenols is 1. The van der Waals surface area contributed by atoms with Crippen LogP contribution in [0.2, 0.25) is 0 Å². The van der Waals surface area contributed by atoms with Crippen molar-refractivity contribution in [3.63, 3.8) is 0 Å². The molecule has 4 rings (SSSR count). The molecule has 0 spiro atoms. The number of aliphatic hydroxyl groups is 4. The third kappa shape index (κ3) is 8.69. The van der Waals surface area contributed by atoms with Crippen LogP contribution in [-0.2, 0) is 39.9 Å². The van der Waals surface area contributed by atoms with Crippen molar-refractivity contribution in [2.24, 2.45) is 0 Å². The van der Waals surface area contributed by atoms with Crippen molar-refractivity contribution in [1.82, 2.24) is 5.32 Å². The van der Waals surface area contributed by atoms with E-state index in [0.29, 0.717) is 5.56 Å². The van der Waals surface area contributed by atoms with E-state index in [0.717, 1.165) is 13.0 Å². The van der Waals surface area contributed by atoms with Crippen LogP contribution in [0.5, 0.6) is 11.5 Å². The van der Waals surface area contributed by atoms with Gasteiger partial charge in [-0.1, -0.05) is 0 Å². The van der Waals surface area contributed by atoms with Crippen molar-refractivity contribution >= 4 is 41.7 Å². The van der Waals surface area contributed by atoms with Gasteiger partial charge in [0.05, 0.1) is 30.9 Å². The number of carboxylic acid groups (broad SMARTS) is 4. The van der Waals surface area contributed by atoms with Gasteiger partial charge in [-0.05, 0) is 24.6 Å². The summed E-state index contributed by atoms with van der Waals surface area (Å²) in [5.41, 5.74) is -1.52. The average Bonchev–Trinajstić information content (AvgIpc) is 3.35. The van der Waals surface area contributed by atoms with E-state index in [-0.39, 0.29) is 35.5 Å². The fourth-order valence-corrected chi connectivity index (χ4v) is 5.49. The second-order valence-electron chi connectivity index (χ2n) is 12.0. The molecular weight excluding hydrogens is 660 g/mol. The molecule has 1 saturated heterocycles. The molecule has 8 atom stereocenters. The zero-order valence-electron chi connectivity index (χ0n) is 25.7. The van der Waals surface area contributed by atoms with E-state index in [1.165, 1.54) is 29.0 Å². The first-order chi connectivity index (χ1) is 22.9. The minimum Gasteiger partial charge on any atom is -0.504 e. The molecule has 0 aromatic heterocycles. The van der Waals surface area contributed by atoms with Crippen molar-refractivity contribution in [2.45, 2.75) is 81.0 Å². The number of hydrogen-bond acceptors (Lipinski definition) is 14. The Morgan fingerprint density at radius 2 is 1.69 bits per heavy atom. The van der Waals surface area contributed by atoms with Crippen LogP contribution in [-0.4, -0.2) is 142 Å². The third-order valence-corrected chi connectivity index (χ3v) is 7.93. The molecule has 0 saturated carbocycles. The lowest BCUT2D eigenvalue weighted by Gasteiger charge is -2.40. The highest BCUT2D eigenvalue weighted by Gasteiger charge is 2.47. The molecule has 3 aliphatic rings. The zero-order valence-corrected chi connectivity index (χ0v) is 25.7. The number of fused-ring (bicyclic) bond motifs is 1. The van der Waals surface area contributed by atoms with Gasteiger partial charge in [0.1, 0.15) is 42.8 Å². The SMILES string of the molecule is CC(O)(CC(=O)O)CC(=O)OC[C@H]1O[C@@H](Oc2cc3c(cc2O)[N+](=CC=C2C=C(C(=O)O)N[C@H](C(=O)O)C2)[C@H](C(=O)O)C3)[C@H](O)[C@@H](O)[C@@H]1O. The summed E-state index contributed by atoms with van der Waals surface area (Å²) in [5.74, 6) is -7.28. The average molecular weight is 696 g/mol. The fourth-order valence-electron chi connectivity index (χ4n) is 5.49. The third-order valence-electron chi connectivity index (χ3n) is 7.93. The van der Waals surface area contributed by atoms with Crippen LogP contribution in [0.3, 0.4) is 0 Å². The largest absolute Gasteiger partial charge is 0.504 e. The highest BCUT2D eigenvalue weighted by Crippen LogP contribution is 2.40. The Hall–Kier alpha value is -5.08. The first kappa shape index (κ1) is 36.8. The number of allylic oxidation sites excluding steroid dienone is 2. The van der Waals surface area contributed by atoms with Crippen LogP contribution in [0, 0.1) is 0 Å². The summed E-state index contributed by atoms with van der Waals surface area (Å²) in [4.78, 5) is 58.2. The van der Waals surface area contributed by atoms with E-state index in [4.69, 9.17) is 19.3 Å². The smallest absolute Gasteiger partial charge is 0.373 e. The van der Waals surface area contributed by atoms with Crippen molar-refractivity contribution in [1.29, 1.82) is 0 Å². The standard InChI is InChI=1S/C30H34N2O17/c1-30(46,9-21(34)35)10-22(36)47-11-20-23(37)24(38)25(39)29(49-20)48-19-7-13-6-17(28(44)45)32(16(13)8-18(19)33)3-2-12-4-14(26(40)41)31-15(5-12)27(42)43/h2-4,7-8,15,17,20,23-25,29,37-39,46H,5-6,9-11H2,1H3,(H5,33,34,35,40,41,42,43,44,45)/p+1/t15-,17-,20+,23+,24-,25+,29+,30?/m0/s1. The predicted octanol–water partition coefficient (Wildman–Crippen LogP) is -2.20. The summed E-state index contributed by atoms with van der Waals surface area (Å²) < 4.78 is 17.4. The Morgan fingerprint density at radius 1 is 1.00 bits per heavy atom. The van der Waals surface area contributed by atoms with E-state index >= 15 is 0 Å². The zero-order chi connectivity index (χ0) is 36.4. The number of ether oxygens (including phenoxy) is 3. The van der Waals surface area contributed by atoms with Crippen LogP contribution >= 0.6 is 0 Å². The van der Waals surface area contributed by atoms with Crippen molar-refractivity contribution in [2.75, 3.05) is 6.61 Å². The van der Waals surface area contributed by atoms with Gasteiger partial charge in [0.2, 0.25) is 12.0 Å². The monoisotopic (exact) mass is 695 g/mol. The van der Waals surface area contributed by atoms with Gasteiger partial charge in [0.15, 0.2) is 17.7 Å². The lowest BCUT2D eigenvalue weighted by atomic mass is 9.98. The number of carboxylic acids is 4. The van der Waals surface area contributed by atoms with Gasteiger partial charge >= 0.3 is 29.8 Å². The molecule has 1 aromatic rings. The Bertz CT molecular complexity index is 1610. The number of nitrogens with one attached hydrogen (secondary N) is 1. The first-order valence-electron chi connectivity index (χ1n) is 14.7. The number of hydrogen-bond donors (Lipinski definition) is 10. The topological polar surface area (TPSA) is 310 Å². The predicted molar refractivity (Wildman–Crippen MR) is 158 cm³/mol. The van der Waals surface area contributed by atoms with Crippen molar-refractivity contribution in [3.05, 3.63) is 41.1 Å². The van der Waals surface area contributed by atoms with Crippen LogP contribution in [0.25, 0.3) is 0 Å². The molecule has 266 valence electrons. The molecule has 1 unspecified atom stereocenters. The molecular formula is C30H35N2O17+. The normalized spacial score (nSPS) is 29.2. The van der Waals surface area contributed by atoms with Gasteiger partial charge in [-0.15, -0.1) is 0 Å². The van der Waals surface area contributed by atoms with Crippen LogP contribution in [0.15, 0.2) is 35.6 Å². The number of aromatic hydroxyl groups is 1. The number of nitrogens with zero attached hydrogens (tertiary/aromatic N) is 1. The number of carbonyl (C=O) groups is 5. The number of phenolic OH excluding ortho intramolecular Hbond substituents is 1. The minimum absolute atomic E-state index is 0.116. The number of carbonyl (C=O) groups excluding carboxylic acids is 1. The quantitative estimate of drug-likeness (QED) is 0.0819. The number of benzene rings is 1. The highest BCUT2D eigenvalue weighted by molar-refractivity contribution is 5.89. The van der Waals surface area contributed by atoms with E-state index in [2.05, 4.69) is 5.32 Å².